The van der Waals surface area contributed by atoms with Crippen LogP contribution in [-0.4, -0.2) is 30.4 Å². The van der Waals surface area contributed by atoms with E-state index in [1.54, 1.807) is 35.2 Å². The fraction of sp³-hybridized carbons (Fsp3) is 0.182. The van der Waals surface area contributed by atoms with Gasteiger partial charge in [-0.05, 0) is 60.0 Å². The largest absolute Gasteiger partial charge is 0.496 e. The number of carbonyl (C=O) groups is 2. The summed E-state index contributed by atoms with van der Waals surface area (Å²) in [6.07, 6.45) is 2.24. The Kier molecular flexibility index (Phi) is 5.27. The van der Waals surface area contributed by atoms with Crippen molar-refractivity contribution < 1.29 is 18.7 Å². The number of furan rings is 1. The van der Waals surface area contributed by atoms with E-state index >= 15 is 0 Å². The lowest BCUT2D eigenvalue weighted by atomic mass is 9.98. The molecule has 4 rings (SSSR count). The smallest absolute Gasteiger partial charge is 0.289 e. The molecule has 6 nitrogen and oxygen atoms in total. The van der Waals surface area contributed by atoms with E-state index in [0.717, 1.165) is 17.5 Å². The number of amides is 2. The first-order valence-electron chi connectivity index (χ1n) is 9.14. The Hall–Kier alpha value is -3.25. The van der Waals surface area contributed by atoms with Gasteiger partial charge in [-0.3, -0.25) is 9.59 Å². The van der Waals surface area contributed by atoms with Crippen LogP contribution < -0.4 is 10.1 Å². The van der Waals surface area contributed by atoms with Crippen molar-refractivity contribution in [3.8, 4) is 5.75 Å². The molecule has 0 bridgehead atoms. The number of ether oxygens (including phenoxy) is 1. The van der Waals surface area contributed by atoms with Crippen molar-refractivity contribution in [1.82, 2.24) is 4.90 Å². The molecule has 2 amide bonds. The second-order valence-corrected chi connectivity index (χ2v) is 7.17. The van der Waals surface area contributed by atoms with Gasteiger partial charge in [0.1, 0.15) is 5.75 Å². The van der Waals surface area contributed by atoms with Gasteiger partial charge in [0, 0.05) is 23.8 Å². The molecule has 1 aliphatic heterocycles. The first-order chi connectivity index (χ1) is 14.0. The van der Waals surface area contributed by atoms with E-state index in [4.69, 9.17) is 20.8 Å². The molecule has 1 aromatic heterocycles. The third kappa shape index (κ3) is 3.98. The molecule has 2 aromatic carbocycles. The van der Waals surface area contributed by atoms with Gasteiger partial charge in [-0.2, -0.15) is 0 Å². The van der Waals surface area contributed by atoms with Crippen molar-refractivity contribution in [2.45, 2.75) is 13.0 Å². The van der Waals surface area contributed by atoms with Crippen LogP contribution in [0.15, 0.2) is 59.2 Å². The third-order valence-electron chi connectivity index (χ3n) is 4.90. The number of fused-ring (bicyclic) bond motifs is 1. The zero-order valence-corrected chi connectivity index (χ0v) is 16.5. The molecule has 0 aliphatic carbocycles. The Bertz CT molecular complexity index is 1060. The van der Waals surface area contributed by atoms with Crippen LogP contribution in [0, 0.1) is 0 Å². The Morgan fingerprint density at radius 3 is 2.76 bits per heavy atom. The highest BCUT2D eigenvalue weighted by atomic mass is 35.5. The number of anilines is 1. The van der Waals surface area contributed by atoms with Crippen molar-refractivity contribution in [3.05, 3.63) is 82.3 Å². The minimum atomic E-state index is -0.316. The van der Waals surface area contributed by atoms with Crippen molar-refractivity contribution >= 4 is 29.1 Å². The topological polar surface area (TPSA) is 71.8 Å². The van der Waals surface area contributed by atoms with E-state index < -0.39 is 0 Å². The van der Waals surface area contributed by atoms with E-state index in [9.17, 15) is 9.59 Å². The number of nitrogens with one attached hydrogen (secondary N) is 1. The Balaban J connectivity index is 1.53. The zero-order chi connectivity index (χ0) is 20.4. The number of halogens is 1. The van der Waals surface area contributed by atoms with Crippen molar-refractivity contribution in [3.63, 3.8) is 0 Å². The van der Waals surface area contributed by atoms with Crippen LogP contribution in [0.3, 0.4) is 0 Å². The van der Waals surface area contributed by atoms with Gasteiger partial charge in [-0.25, -0.2) is 0 Å². The highest BCUT2D eigenvalue weighted by molar-refractivity contribution is 6.31. The first kappa shape index (κ1) is 19.1. The maximum absolute atomic E-state index is 12.7. The molecule has 1 aliphatic rings. The van der Waals surface area contributed by atoms with Gasteiger partial charge >= 0.3 is 0 Å². The number of methoxy groups -OCH3 is 1. The Morgan fingerprint density at radius 2 is 2.00 bits per heavy atom. The second kappa shape index (κ2) is 8.01. The molecule has 0 saturated carbocycles. The molecule has 0 radical (unpaired) electrons. The molecule has 0 unspecified atom stereocenters. The first-order valence-corrected chi connectivity index (χ1v) is 9.52. The lowest BCUT2D eigenvalue weighted by Gasteiger charge is -2.28. The number of benzene rings is 2. The molecule has 7 heteroatoms. The molecule has 2 heterocycles. The van der Waals surface area contributed by atoms with Gasteiger partial charge in [-0.15, -0.1) is 0 Å². The van der Waals surface area contributed by atoms with Gasteiger partial charge in [0.05, 0.1) is 18.9 Å². The Morgan fingerprint density at radius 1 is 1.14 bits per heavy atom. The van der Waals surface area contributed by atoms with Crippen molar-refractivity contribution in [1.29, 1.82) is 0 Å². The molecule has 29 heavy (non-hydrogen) atoms. The number of hydrogen-bond acceptors (Lipinski definition) is 4. The van der Waals surface area contributed by atoms with E-state index in [2.05, 4.69) is 5.32 Å². The van der Waals surface area contributed by atoms with Gasteiger partial charge < -0.3 is 19.4 Å². The average Bonchev–Trinajstić information content (AvgIpc) is 3.27. The minimum absolute atomic E-state index is 0.140. The molecule has 148 valence electrons. The third-order valence-corrected chi connectivity index (χ3v) is 5.14. The van der Waals surface area contributed by atoms with Gasteiger partial charge in [0.15, 0.2) is 5.76 Å². The lowest BCUT2D eigenvalue weighted by molar-refractivity contribution is 0.0702. The zero-order valence-electron chi connectivity index (χ0n) is 15.8. The number of nitrogens with zero attached hydrogens (tertiary/aromatic N) is 1. The van der Waals surface area contributed by atoms with Crippen LogP contribution >= 0.6 is 11.6 Å². The predicted molar refractivity (Wildman–Crippen MR) is 110 cm³/mol. The summed E-state index contributed by atoms with van der Waals surface area (Å²) in [7, 11) is 1.50. The van der Waals surface area contributed by atoms with Crippen molar-refractivity contribution in [2.75, 3.05) is 19.0 Å². The summed E-state index contributed by atoms with van der Waals surface area (Å²) in [6.45, 7) is 1.08. The molecule has 0 fully saturated rings. The fourth-order valence-corrected chi connectivity index (χ4v) is 3.59. The average molecular weight is 411 g/mol. The normalized spacial score (nSPS) is 13.0. The SMILES string of the molecule is COc1ccc(Cl)cc1C(=O)Nc1ccc2c(c1)CN(C(=O)c1ccco1)CC2. The van der Waals surface area contributed by atoms with Crippen molar-refractivity contribution in [2.24, 2.45) is 0 Å². The molecule has 0 atom stereocenters. The summed E-state index contributed by atoms with van der Waals surface area (Å²) in [5.74, 6) is 0.313. The quantitative estimate of drug-likeness (QED) is 0.692. The summed E-state index contributed by atoms with van der Waals surface area (Å²) >= 11 is 6.02. The van der Waals surface area contributed by atoms with Crippen LogP contribution in [0.2, 0.25) is 5.02 Å². The van der Waals surface area contributed by atoms with E-state index in [0.29, 0.717) is 40.9 Å². The monoisotopic (exact) mass is 410 g/mol. The molecular weight excluding hydrogens is 392 g/mol. The van der Waals surface area contributed by atoms with Crippen LogP contribution in [0.1, 0.15) is 32.0 Å². The van der Waals surface area contributed by atoms with Gasteiger partial charge in [0.25, 0.3) is 11.8 Å². The highest BCUT2D eigenvalue weighted by Crippen LogP contribution is 2.26. The molecule has 3 aromatic rings. The van der Waals surface area contributed by atoms with Crippen LogP contribution in [-0.2, 0) is 13.0 Å². The minimum Gasteiger partial charge on any atom is -0.496 e. The molecule has 0 saturated heterocycles. The number of rotatable bonds is 4. The standard InChI is InChI=1S/C22H19ClN2O4/c1-28-19-7-5-16(23)12-18(19)21(26)24-17-6-4-14-8-9-25(13-15(14)11-17)22(27)20-3-2-10-29-20/h2-7,10-12H,8-9,13H2,1H3,(H,24,26). The maximum atomic E-state index is 12.7. The molecule has 0 spiro atoms. The summed E-state index contributed by atoms with van der Waals surface area (Å²) in [4.78, 5) is 27.0. The molecule has 1 N–H and O–H groups in total. The van der Waals surface area contributed by atoms with E-state index in [1.165, 1.54) is 13.4 Å². The predicted octanol–water partition coefficient (Wildman–Crippen LogP) is 4.39. The summed E-state index contributed by atoms with van der Waals surface area (Å²) in [6, 6.07) is 14.0. The van der Waals surface area contributed by atoms with Gasteiger partial charge in [-0.1, -0.05) is 17.7 Å². The summed E-state index contributed by atoms with van der Waals surface area (Å²) < 4.78 is 10.5. The summed E-state index contributed by atoms with van der Waals surface area (Å²) in [5, 5.41) is 3.33. The van der Waals surface area contributed by atoms with Crippen LogP contribution in [0.5, 0.6) is 5.75 Å². The van der Waals surface area contributed by atoms with Crippen LogP contribution in [0.25, 0.3) is 0 Å². The number of carbonyl (C=O) groups excluding carboxylic acids is 2. The lowest BCUT2D eigenvalue weighted by Crippen LogP contribution is -2.35. The second-order valence-electron chi connectivity index (χ2n) is 6.74. The highest BCUT2D eigenvalue weighted by Gasteiger charge is 2.24. The van der Waals surface area contributed by atoms with Gasteiger partial charge in [0.2, 0.25) is 0 Å². The fourth-order valence-electron chi connectivity index (χ4n) is 3.42. The maximum Gasteiger partial charge on any atom is 0.289 e. The summed E-state index contributed by atoms with van der Waals surface area (Å²) in [5.41, 5.74) is 3.15. The molecular formula is C22H19ClN2O4. The van der Waals surface area contributed by atoms with E-state index in [1.807, 2.05) is 18.2 Å². The number of hydrogen-bond donors (Lipinski definition) is 1. The Labute approximate surface area is 173 Å². The van der Waals surface area contributed by atoms with Crippen LogP contribution in [0.4, 0.5) is 5.69 Å². The van der Waals surface area contributed by atoms with E-state index in [-0.39, 0.29) is 11.8 Å².